The second kappa shape index (κ2) is 9.34. The Bertz CT molecular complexity index is 716. The van der Waals surface area contributed by atoms with Crippen molar-refractivity contribution in [2.24, 2.45) is 0 Å². The van der Waals surface area contributed by atoms with E-state index in [2.05, 4.69) is 0 Å². The molecule has 0 N–H and O–H groups in total. The molecule has 0 aliphatic carbocycles. The maximum atomic E-state index is 13.2. The van der Waals surface area contributed by atoms with Crippen LogP contribution in [0.5, 0.6) is 5.75 Å². The number of hydrogen-bond acceptors (Lipinski definition) is 3. The normalized spacial score (nSPS) is 12.1. The molecule has 5 heteroatoms. The molecule has 2 rings (SSSR count). The van der Waals surface area contributed by atoms with Crippen LogP contribution in [0.2, 0.25) is 0 Å². The van der Waals surface area contributed by atoms with E-state index in [1.165, 1.54) is 12.1 Å². The van der Waals surface area contributed by atoms with Gasteiger partial charge in [-0.05, 0) is 62.8 Å². The van der Waals surface area contributed by atoms with E-state index in [4.69, 9.17) is 4.74 Å². The number of aryl methyl sites for hydroxylation is 1. The molecule has 0 spiro atoms. The number of amides is 1. The molecule has 0 heterocycles. The maximum Gasteiger partial charge on any atom is 0.244 e. The Hall–Kier alpha value is -2.40. The van der Waals surface area contributed by atoms with Gasteiger partial charge in [-0.25, -0.2) is 4.39 Å². The minimum atomic E-state index is -0.432. The number of halogens is 1. The molecule has 140 valence electrons. The molecule has 0 saturated carbocycles. The van der Waals surface area contributed by atoms with E-state index < -0.39 is 6.04 Å². The van der Waals surface area contributed by atoms with Crippen LogP contribution in [0.4, 0.5) is 4.39 Å². The van der Waals surface area contributed by atoms with Crippen molar-refractivity contribution in [1.82, 2.24) is 9.80 Å². The van der Waals surface area contributed by atoms with E-state index in [1.54, 1.807) is 24.1 Å². The van der Waals surface area contributed by atoms with Crippen molar-refractivity contribution < 1.29 is 13.9 Å². The summed E-state index contributed by atoms with van der Waals surface area (Å²) >= 11 is 0. The molecule has 0 aromatic heterocycles. The summed E-state index contributed by atoms with van der Waals surface area (Å²) in [5.41, 5.74) is 1.94. The molecular formula is C21H27FN2O2. The van der Waals surface area contributed by atoms with Crippen LogP contribution in [0, 0.1) is 12.7 Å². The topological polar surface area (TPSA) is 32.8 Å². The monoisotopic (exact) mass is 358 g/mol. The van der Waals surface area contributed by atoms with Gasteiger partial charge < -0.3 is 9.64 Å². The van der Waals surface area contributed by atoms with E-state index in [-0.39, 0.29) is 11.7 Å². The molecule has 0 radical (unpaired) electrons. The van der Waals surface area contributed by atoms with Gasteiger partial charge >= 0.3 is 0 Å². The van der Waals surface area contributed by atoms with E-state index in [0.29, 0.717) is 13.2 Å². The first-order valence-electron chi connectivity index (χ1n) is 8.75. The van der Waals surface area contributed by atoms with Crippen LogP contribution in [-0.4, -0.2) is 50.0 Å². The van der Waals surface area contributed by atoms with Crippen LogP contribution < -0.4 is 4.74 Å². The van der Waals surface area contributed by atoms with E-state index in [9.17, 15) is 9.18 Å². The van der Waals surface area contributed by atoms with E-state index in [1.807, 2.05) is 50.2 Å². The Kier molecular flexibility index (Phi) is 7.16. The first kappa shape index (κ1) is 19.9. The van der Waals surface area contributed by atoms with Crippen LogP contribution >= 0.6 is 0 Å². The van der Waals surface area contributed by atoms with Gasteiger partial charge in [-0.15, -0.1) is 0 Å². The molecule has 0 aliphatic rings. The number of benzene rings is 2. The highest BCUT2D eigenvalue weighted by molar-refractivity contribution is 5.83. The predicted molar refractivity (Wildman–Crippen MR) is 102 cm³/mol. The quantitative estimate of drug-likeness (QED) is 0.675. The lowest BCUT2D eigenvalue weighted by Crippen LogP contribution is -2.39. The standard InChI is InChI=1S/C21H27FN2O2/c1-16-7-5-8-19(15-16)26-14-6-13-24(4)21(25)20(23(2)3)17-9-11-18(22)12-10-17/h5,7-12,15,20H,6,13-14H2,1-4H3. The van der Waals surface area contributed by atoms with Crippen LogP contribution in [0.25, 0.3) is 0 Å². The van der Waals surface area contributed by atoms with Crippen molar-refractivity contribution in [3.05, 3.63) is 65.5 Å². The number of carbonyl (C=O) groups is 1. The van der Waals surface area contributed by atoms with E-state index in [0.717, 1.165) is 23.3 Å². The van der Waals surface area contributed by atoms with Crippen LogP contribution in [-0.2, 0) is 4.79 Å². The average molecular weight is 358 g/mol. The highest BCUT2D eigenvalue weighted by atomic mass is 19.1. The first-order chi connectivity index (χ1) is 12.4. The second-order valence-electron chi connectivity index (χ2n) is 6.70. The molecule has 4 nitrogen and oxygen atoms in total. The summed E-state index contributed by atoms with van der Waals surface area (Å²) in [6.45, 7) is 3.16. The maximum absolute atomic E-state index is 13.2. The molecular weight excluding hydrogens is 331 g/mol. The number of carbonyl (C=O) groups excluding carboxylic acids is 1. The minimum absolute atomic E-state index is 0.0165. The van der Waals surface area contributed by atoms with Crippen molar-refractivity contribution in [2.75, 3.05) is 34.3 Å². The van der Waals surface area contributed by atoms with Crippen molar-refractivity contribution in [2.45, 2.75) is 19.4 Å². The van der Waals surface area contributed by atoms with Crippen molar-refractivity contribution in [1.29, 1.82) is 0 Å². The fourth-order valence-electron chi connectivity index (χ4n) is 2.82. The zero-order valence-corrected chi connectivity index (χ0v) is 15.9. The molecule has 1 amide bonds. The summed E-state index contributed by atoms with van der Waals surface area (Å²) in [6.07, 6.45) is 0.736. The van der Waals surface area contributed by atoms with Gasteiger partial charge in [0.25, 0.3) is 0 Å². The zero-order valence-electron chi connectivity index (χ0n) is 15.9. The smallest absolute Gasteiger partial charge is 0.244 e. The van der Waals surface area contributed by atoms with Crippen molar-refractivity contribution in [3.63, 3.8) is 0 Å². The SMILES string of the molecule is Cc1cccc(OCCCN(C)C(=O)C(c2ccc(F)cc2)N(C)C)c1. The van der Waals surface area contributed by atoms with Crippen LogP contribution in [0.15, 0.2) is 48.5 Å². The van der Waals surface area contributed by atoms with Gasteiger partial charge in [-0.1, -0.05) is 24.3 Å². The Morgan fingerprint density at radius 2 is 1.81 bits per heavy atom. The van der Waals surface area contributed by atoms with Crippen LogP contribution in [0.3, 0.4) is 0 Å². The highest BCUT2D eigenvalue weighted by Crippen LogP contribution is 2.21. The molecule has 0 bridgehead atoms. The molecule has 2 aromatic carbocycles. The number of rotatable bonds is 8. The lowest BCUT2D eigenvalue weighted by Gasteiger charge is -2.28. The summed E-state index contributed by atoms with van der Waals surface area (Å²) in [5.74, 6) is 0.522. The third-order valence-corrected chi connectivity index (χ3v) is 4.21. The fourth-order valence-corrected chi connectivity index (χ4v) is 2.82. The van der Waals surface area contributed by atoms with Gasteiger partial charge in [0.1, 0.15) is 17.6 Å². The second-order valence-corrected chi connectivity index (χ2v) is 6.70. The van der Waals surface area contributed by atoms with Gasteiger partial charge in [0.05, 0.1) is 6.61 Å². The third kappa shape index (κ3) is 5.56. The van der Waals surface area contributed by atoms with Gasteiger partial charge in [0.15, 0.2) is 0 Å². The van der Waals surface area contributed by atoms with Gasteiger partial charge in [-0.3, -0.25) is 9.69 Å². The third-order valence-electron chi connectivity index (χ3n) is 4.21. The number of hydrogen-bond donors (Lipinski definition) is 0. The Morgan fingerprint density at radius 3 is 2.42 bits per heavy atom. The number of ether oxygens (including phenoxy) is 1. The number of nitrogens with zero attached hydrogens (tertiary/aromatic N) is 2. The highest BCUT2D eigenvalue weighted by Gasteiger charge is 2.25. The predicted octanol–water partition coefficient (Wildman–Crippen LogP) is 3.66. The largest absolute Gasteiger partial charge is 0.494 e. The molecule has 1 unspecified atom stereocenters. The Morgan fingerprint density at radius 1 is 1.12 bits per heavy atom. The molecule has 1 atom stereocenters. The lowest BCUT2D eigenvalue weighted by molar-refractivity contribution is -0.135. The van der Waals surface area contributed by atoms with Gasteiger partial charge in [0, 0.05) is 13.6 Å². The molecule has 0 aliphatic heterocycles. The van der Waals surface area contributed by atoms with Gasteiger partial charge in [0.2, 0.25) is 5.91 Å². The molecule has 0 fully saturated rings. The lowest BCUT2D eigenvalue weighted by atomic mass is 10.0. The van der Waals surface area contributed by atoms with Crippen LogP contribution in [0.1, 0.15) is 23.6 Å². The van der Waals surface area contributed by atoms with E-state index >= 15 is 0 Å². The molecule has 0 saturated heterocycles. The summed E-state index contributed by atoms with van der Waals surface area (Å²) in [7, 11) is 5.48. The summed E-state index contributed by atoms with van der Waals surface area (Å²) in [6, 6.07) is 13.6. The Labute approximate surface area is 155 Å². The summed E-state index contributed by atoms with van der Waals surface area (Å²) in [4.78, 5) is 16.4. The molecule has 2 aromatic rings. The minimum Gasteiger partial charge on any atom is -0.494 e. The average Bonchev–Trinajstić information content (AvgIpc) is 2.60. The Balaban J connectivity index is 1.89. The van der Waals surface area contributed by atoms with Gasteiger partial charge in [-0.2, -0.15) is 0 Å². The van der Waals surface area contributed by atoms with Crippen molar-refractivity contribution in [3.8, 4) is 5.75 Å². The van der Waals surface area contributed by atoms with Crippen molar-refractivity contribution >= 4 is 5.91 Å². The number of likely N-dealkylation sites (N-methyl/N-ethyl adjacent to an activating group) is 2. The summed E-state index contributed by atoms with van der Waals surface area (Å²) < 4.78 is 18.9. The fraction of sp³-hybridized carbons (Fsp3) is 0.381. The zero-order chi connectivity index (χ0) is 19.1. The first-order valence-corrected chi connectivity index (χ1v) is 8.75. The molecule has 26 heavy (non-hydrogen) atoms. The summed E-state index contributed by atoms with van der Waals surface area (Å²) in [5, 5.41) is 0.